The quantitative estimate of drug-likeness (QED) is 0.633. The molecule has 0 spiro atoms. The summed E-state index contributed by atoms with van der Waals surface area (Å²) >= 11 is 0. The van der Waals surface area contributed by atoms with Gasteiger partial charge >= 0.3 is 0 Å². The third kappa shape index (κ3) is 4.26. The van der Waals surface area contributed by atoms with Crippen LogP contribution in [-0.4, -0.2) is 58.5 Å². The van der Waals surface area contributed by atoms with E-state index in [0.717, 1.165) is 15.9 Å². The standard InChI is InChI=1S/C18H21N3O6S2/c1-20(11-7-14-5-9-19-10-6-14)29(25,26)17-13-15(3-4-16(17)27-2)21-18(22)8-12-28(21,23)24/h3-6,9-10,13H,7-8,11-12H2,1-2H3. The predicted molar refractivity (Wildman–Crippen MR) is 107 cm³/mol. The van der Waals surface area contributed by atoms with Crippen LogP contribution < -0.4 is 9.04 Å². The van der Waals surface area contributed by atoms with Crippen molar-refractivity contribution in [3.05, 3.63) is 48.3 Å². The smallest absolute Gasteiger partial charge is 0.246 e. The number of hydrogen-bond donors (Lipinski definition) is 0. The lowest BCUT2D eigenvalue weighted by Gasteiger charge is -2.21. The Bertz CT molecular complexity index is 1120. The van der Waals surface area contributed by atoms with Gasteiger partial charge in [0, 0.05) is 32.4 Å². The predicted octanol–water partition coefficient (Wildman–Crippen LogP) is 1.02. The van der Waals surface area contributed by atoms with E-state index in [1.807, 2.05) is 0 Å². The van der Waals surface area contributed by atoms with Crippen molar-refractivity contribution in [1.29, 1.82) is 0 Å². The highest BCUT2D eigenvalue weighted by atomic mass is 32.2. The largest absolute Gasteiger partial charge is 0.495 e. The monoisotopic (exact) mass is 439 g/mol. The molecule has 1 saturated heterocycles. The van der Waals surface area contributed by atoms with Gasteiger partial charge in [0.2, 0.25) is 26.0 Å². The van der Waals surface area contributed by atoms with Gasteiger partial charge in [-0.3, -0.25) is 9.78 Å². The fourth-order valence-corrected chi connectivity index (χ4v) is 5.78. The second kappa shape index (κ2) is 8.09. The lowest BCUT2D eigenvalue weighted by atomic mass is 10.2. The van der Waals surface area contributed by atoms with Gasteiger partial charge < -0.3 is 4.74 Å². The number of hydrogen-bond acceptors (Lipinski definition) is 7. The molecule has 9 nitrogen and oxygen atoms in total. The minimum atomic E-state index is -4.00. The Morgan fingerprint density at radius 3 is 2.48 bits per heavy atom. The van der Waals surface area contributed by atoms with E-state index in [-0.39, 0.29) is 35.1 Å². The Balaban J connectivity index is 1.94. The molecule has 1 fully saturated rings. The molecule has 1 amide bonds. The van der Waals surface area contributed by atoms with Gasteiger partial charge in [0.25, 0.3) is 0 Å². The van der Waals surface area contributed by atoms with E-state index in [9.17, 15) is 21.6 Å². The first-order valence-electron chi connectivity index (χ1n) is 8.76. The molecule has 1 aromatic carbocycles. The molecule has 0 saturated carbocycles. The van der Waals surface area contributed by atoms with Crippen molar-refractivity contribution in [3.63, 3.8) is 0 Å². The zero-order valence-corrected chi connectivity index (χ0v) is 17.6. The minimum Gasteiger partial charge on any atom is -0.495 e. The third-order valence-electron chi connectivity index (χ3n) is 4.61. The number of amides is 1. The van der Waals surface area contributed by atoms with Crippen molar-refractivity contribution in [2.75, 3.05) is 30.8 Å². The zero-order chi connectivity index (χ0) is 21.2. The fourth-order valence-electron chi connectivity index (χ4n) is 2.99. The molecule has 0 bridgehead atoms. The Morgan fingerprint density at radius 1 is 1.21 bits per heavy atom. The molecule has 0 aliphatic carbocycles. The Kier molecular flexibility index (Phi) is 5.92. The number of aromatic nitrogens is 1. The maximum atomic E-state index is 13.1. The van der Waals surface area contributed by atoms with Crippen molar-refractivity contribution < 1.29 is 26.4 Å². The van der Waals surface area contributed by atoms with Crippen molar-refractivity contribution in [2.24, 2.45) is 0 Å². The first-order valence-corrected chi connectivity index (χ1v) is 11.8. The van der Waals surface area contributed by atoms with E-state index in [1.165, 1.54) is 26.3 Å². The molecule has 0 atom stereocenters. The number of anilines is 1. The van der Waals surface area contributed by atoms with Gasteiger partial charge in [-0.15, -0.1) is 0 Å². The molecule has 156 valence electrons. The topological polar surface area (TPSA) is 114 Å². The Hall–Kier alpha value is -2.50. The average molecular weight is 440 g/mol. The van der Waals surface area contributed by atoms with E-state index in [2.05, 4.69) is 4.98 Å². The summed E-state index contributed by atoms with van der Waals surface area (Å²) in [5.74, 6) is -0.829. The summed E-state index contributed by atoms with van der Waals surface area (Å²) in [6.45, 7) is 0.195. The molecule has 1 aromatic heterocycles. The van der Waals surface area contributed by atoms with Crippen LogP contribution in [0.1, 0.15) is 12.0 Å². The number of likely N-dealkylation sites (N-methyl/N-ethyl adjacent to an activating group) is 1. The van der Waals surface area contributed by atoms with Gasteiger partial charge in [-0.2, -0.15) is 0 Å². The Labute approximate surface area is 170 Å². The number of carbonyl (C=O) groups is 1. The molecular weight excluding hydrogens is 418 g/mol. The minimum absolute atomic E-state index is 0.0191. The van der Waals surface area contributed by atoms with Crippen LogP contribution in [0.5, 0.6) is 5.75 Å². The molecule has 1 aliphatic rings. The second-order valence-corrected chi connectivity index (χ2v) is 10.4. The van der Waals surface area contributed by atoms with Crippen molar-refractivity contribution in [3.8, 4) is 5.75 Å². The summed E-state index contributed by atoms with van der Waals surface area (Å²) in [7, 11) is -5.05. The van der Waals surface area contributed by atoms with Crippen LogP contribution in [0.2, 0.25) is 0 Å². The number of carbonyl (C=O) groups excluding carboxylic acids is 1. The molecular formula is C18H21N3O6S2. The molecule has 0 N–H and O–H groups in total. The number of nitrogens with zero attached hydrogens (tertiary/aromatic N) is 3. The summed E-state index contributed by atoms with van der Waals surface area (Å²) in [4.78, 5) is 15.8. The molecule has 29 heavy (non-hydrogen) atoms. The number of rotatable bonds is 7. The molecule has 11 heteroatoms. The summed E-state index contributed by atoms with van der Waals surface area (Å²) in [5, 5.41) is 0. The summed E-state index contributed by atoms with van der Waals surface area (Å²) < 4.78 is 57.6. The molecule has 2 heterocycles. The Morgan fingerprint density at radius 2 is 1.90 bits per heavy atom. The van der Waals surface area contributed by atoms with Crippen molar-refractivity contribution in [2.45, 2.75) is 17.7 Å². The average Bonchev–Trinajstić information content (AvgIpc) is 2.98. The number of ether oxygens (including phenoxy) is 1. The SMILES string of the molecule is COc1ccc(N2C(=O)CCS2(=O)=O)cc1S(=O)(=O)N(C)CCc1ccncc1. The van der Waals surface area contributed by atoms with E-state index < -0.39 is 26.0 Å². The van der Waals surface area contributed by atoms with Crippen molar-refractivity contribution >= 4 is 31.6 Å². The first-order chi connectivity index (χ1) is 13.7. The lowest BCUT2D eigenvalue weighted by Crippen LogP contribution is -2.31. The van der Waals surface area contributed by atoms with Gasteiger partial charge in [0.05, 0.1) is 18.6 Å². The van der Waals surface area contributed by atoms with Gasteiger partial charge in [-0.1, -0.05) is 0 Å². The number of sulfonamides is 2. The van der Waals surface area contributed by atoms with Gasteiger partial charge in [0.15, 0.2) is 0 Å². The maximum Gasteiger partial charge on any atom is 0.246 e. The molecule has 3 rings (SSSR count). The van der Waals surface area contributed by atoms with E-state index in [4.69, 9.17) is 4.74 Å². The molecule has 1 aliphatic heterocycles. The van der Waals surface area contributed by atoms with Gasteiger partial charge in [-0.25, -0.2) is 25.4 Å². The number of methoxy groups -OCH3 is 1. The van der Waals surface area contributed by atoms with Gasteiger partial charge in [-0.05, 0) is 42.3 Å². The van der Waals surface area contributed by atoms with Crippen LogP contribution in [0.4, 0.5) is 5.69 Å². The van der Waals surface area contributed by atoms with Crippen LogP contribution in [0, 0.1) is 0 Å². The molecule has 0 unspecified atom stereocenters. The fraction of sp³-hybridized carbons (Fsp3) is 0.333. The van der Waals surface area contributed by atoms with Crippen LogP contribution in [-0.2, 0) is 31.3 Å². The summed E-state index contributed by atoms with van der Waals surface area (Å²) in [6, 6.07) is 7.46. The van der Waals surface area contributed by atoms with Crippen LogP contribution in [0.25, 0.3) is 0 Å². The second-order valence-electron chi connectivity index (χ2n) is 6.49. The maximum absolute atomic E-state index is 13.1. The molecule has 0 radical (unpaired) electrons. The highest BCUT2D eigenvalue weighted by Gasteiger charge is 2.37. The number of pyridine rings is 1. The van der Waals surface area contributed by atoms with E-state index in [0.29, 0.717) is 10.7 Å². The lowest BCUT2D eigenvalue weighted by molar-refractivity contribution is -0.116. The van der Waals surface area contributed by atoms with Crippen LogP contribution in [0.15, 0.2) is 47.6 Å². The van der Waals surface area contributed by atoms with Crippen LogP contribution >= 0.6 is 0 Å². The summed E-state index contributed by atoms with van der Waals surface area (Å²) in [5.41, 5.74) is 0.908. The third-order valence-corrected chi connectivity index (χ3v) is 8.18. The van der Waals surface area contributed by atoms with Crippen molar-refractivity contribution in [1.82, 2.24) is 9.29 Å². The van der Waals surface area contributed by atoms with E-state index in [1.54, 1.807) is 24.5 Å². The van der Waals surface area contributed by atoms with E-state index >= 15 is 0 Å². The first kappa shape index (κ1) is 21.2. The normalized spacial score (nSPS) is 16.4. The highest BCUT2D eigenvalue weighted by molar-refractivity contribution is 7.94. The highest BCUT2D eigenvalue weighted by Crippen LogP contribution is 2.33. The molecule has 2 aromatic rings. The zero-order valence-electron chi connectivity index (χ0n) is 16.0. The number of benzene rings is 1. The summed E-state index contributed by atoms with van der Waals surface area (Å²) in [6.07, 6.45) is 3.59. The van der Waals surface area contributed by atoms with Gasteiger partial charge in [0.1, 0.15) is 10.6 Å². The van der Waals surface area contributed by atoms with Crippen LogP contribution in [0.3, 0.4) is 0 Å².